The van der Waals surface area contributed by atoms with Crippen molar-refractivity contribution in [1.82, 2.24) is 10.0 Å². The van der Waals surface area contributed by atoms with Crippen molar-refractivity contribution in [3.05, 3.63) is 28.3 Å². The first-order valence-electron chi connectivity index (χ1n) is 5.35. The van der Waals surface area contributed by atoms with E-state index in [0.717, 1.165) is 17.7 Å². The number of rotatable bonds is 5. The van der Waals surface area contributed by atoms with Gasteiger partial charge in [-0.1, -0.05) is 18.5 Å². The molecule has 0 amide bonds. The molecule has 0 aliphatic carbocycles. The van der Waals surface area contributed by atoms with Gasteiger partial charge < -0.3 is 5.32 Å². The highest BCUT2D eigenvalue weighted by atomic mass is 35.5. The average molecular weight is 277 g/mol. The second-order valence-corrected chi connectivity index (χ2v) is 5.97. The third-order valence-electron chi connectivity index (χ3n) is 2.56. The monoisotopic (exact) mass is 276 g/mol. The van der Waals surface area contributed by atoms with Gasteiger partial charge in [-0.2, -0.15) is 0 Å². The van der Waals surface area contributed by atoms with Gasteiger partial charge >= 0.3 is 0 Å². The zero-order chi connectivity index (χ0) is 13.1. The average Bonchev–Trinajstić information content (AvgIpc) is 2.29. The van der Waals surface area contributed by atoms with Crippen molar-refractivity contribution in [3.63, 3.8) is 0 Å². The fraction of sp³-hybridized carbons (Fsp3) is 0.455. The van der Waals surface area contributed by atoms with Gasteiger partial charge in [0, 0.05) is 11.6 Å². The SMILES string of the molecule is CCNCc1cc(Cl)cc(S(=O)(=O)NC)c1C. The van der Waals surface area contributed by atoms with Crippen molar-refractivity contribution in [1.29, 1.82) is 0 Å². The number of halogens is 1. The maximum Gasteiger partial charge on any atom is 0.240 e. The summed E-state index contributed by atoms with van der Waals surface area (Å²) in [6.45, 7) is 5.20. The highest BCUT2D eigenvalue weighted by molar-refractivity contribution is 7.89. The summed E-state index contributed by atoms with van der Waals surface area (Å²) >= 11 is 5.94. The van der Waals surface area contributed by atoms with Gasteiger partial charge in [-0.15, -0.1) is 0 Å². The lowest BCUT2D eigenvalue weighted by Gasteiger charge is -2.12. The van der Waals surface area contributed by atoms with Crippen LogP contribution in [0.4, 0.5) is 0 Å². The Balaban J connectivity index is 3.28. The van der Waals surface area contributed by atoms with Crippen molar-refractivity contribution in [2.24, 2.45) is 0 Å². The van der Waals surface area contributed by atoms with Crippen LogP contribution < -0.4 is 10.0 Å². The molecule has 96 valence electrons. The van der Waals surface area contributed by atoms with Crippen LogP contribution in [0.2, 0.25) is 5.02 Å². The van der Waals surface area contributed by atoms with Gasteiger partial charge in [0.15, 0.2) is 0 Å². The Kier molecular flexibility index (Phi) is 4.94. The largest absolute Gasteiger partial charge is 0.313 e. The molecule has 0 bridgehead atoms. The minimum atomic E-state index is -3.46. The normalized spacial score (nSPS) is 11.8. The molecule has 0 aliphatic heterocycles. The van der Waals surface area contributed by atoms with Crippen molar-refractivity contribution in [2.45, 2.75) is 25.3 Å². The molecule has 0 saturated carbocycles. The summed E-state index contributed by atoms with van der Waals surface area (Å²) in [5.41, 5.74) is 1.62. The third-order valence-corrected chi connectivity index (χ3v) is 4.31. The Morgan fingerprint density at radius 2 is 2.00 bits per heavy atom. The summed E-state index contributed by atoms with van der Waals surface area (Å²) in [7, 11) is -2.07. The first-order chi connectivity index (χ1) is 7.92. The second-order valence-electron chi connectivity index (χ2n) is 3.68. The highest BCUT2D eigenvalue weighted by Crippen LogP contribution is 2.24. The summed E-state index contributed by atoms with van der Waals surface area (Å²) in [5.74, 6) is 0. The summed E-state index contributed by atoms with van der Waals surface area (Å²) in [6, 6.07) is 3.26. The molecule has 17 heavy (non-hydrogen) atoms. The van der Waals surface area contributed by atoms with E-state index in [-0.39, 0.29) is 4.90 Å². The summed E-state index contributed by atoms with van der Waals surface area (Å²) < 4.78 is 25.9. The second kappa shape index (κ2) is 5.82. The van der Waals surface area contributed by atoms with Crippen LogP contribution in [0.5, 0.6) is 0 Å². The smallest absolute Gasteiger partial charge is 0.240 e. The Morgan fingerprint density at radius 3 is 2.53 bits per heavy atom. The van der Waals surface area contributed by atoms with Gasteiger partial charge in [0.05, 0.1) is 4.90 Å². The lowest BCUT2D eigenvalue weighted by atomic mass is 10.1. The predicted molar refractivity (Wildman–Crippen MR) is 69.8 cm³/mol. The van der Waals surface area contributed by atoms with Crippen molar-refractivity contribution >= 4 is 21.6 Å². The fourth-order valence-electron chi connectivity index (χ4n) is 1.54. The molecule has 0 spiro atoms. The number of sulfonamides is 1. The maximum atomic E-state index is 11.8. The zero-order valence-electron chi connectivity index (χ0n) is 10.2. The molecule has 1 aromatic carbocycles. The van der Waals surface area contributed by atoms with Crippen LogP contribution >= 0.6 is 11.6 Å². The molecule has 0 fully saturated rings. The number of benzene rings is 1. The number of nitrogens with one attached hydrogen (secondary N) is 2. The first kappa shape index (κ1) is 14.4. The van der Waals surface area contributed by atoms with Gasteiger partial charge in [-0.3, -0.25) is 0 Å². The molecule has 0 aromatic heterocycles. The molecule has 4 nitrogen and oxygen atoms in total. The quantitative estimate of drug-likeness (QED) is 0.860. The van der Waals surface area contributed by atoms with E-state index in [4.69, 9.17) is 11.6 Å². The van der Waals surface area contributed by atoms with Crippen molar-refractivity contribution in [3.8, 4) is 0 Å². The van der Waals surface area contributed by atoms with E-state index in [0.29, 0.717) is 11.6 Å². The molecule has 1 rings (SSSR count). The van der Waals surface area contributed by atoms with E-state index >= 15 is 0 Å². The Hall–Kier alpha value is -0.620. The fourth-order valence-corrected chi connectivity index (χ4v) is 2.88. The number of hydrogen-bond donors (Lipinski definition) is 2. The van der Waals surface area contributed by atoms with Gasteiger partial charge in [0.25, 0.3) is 0 Å². The van der Waals surface area contributed by atoms with Crippen LogP contribution in [0, 0.1) is 6.92 Å². The standard InChI is InChI=1S/C11H17ClN2O2S/c1-4-14-7-9-5-10(12)6-11(8(9)2)17(15,16)13-3/h5-6,13-14H,4,7H2,1-3H3. The first-order valence-corrected chi connectivity index (χ1v) is 7.21. The lowest BCUT2D eigenvalue weighted by Crippen LogP contribution is -2.21. The minimum Gasteiger partial charge on any atom is -0.313 e. The molecule has 2 N–H and O–H groups in total. The molecular weight excluding hydrogens is 260 g/mol. The molecule has 0 unspecified atom stereocenters. The minimum absolute atomic E-state index is 0.236. The topological polar surface area (TPSA) is 58.2 Å². The van der Waals surface area contributed by atoms with Gasteiger partial charge in [-0.25, -0.2) is 13.1 Å². The van der Waals surface area contributed by atoms with E-state index in [9.17, 15) is 8.42 Å². The highest BCUT2D eigenvalue weighted by Gasteiger charge is 2.17. The van der Waals surface area contributed by atoms with E-state index < -0.39 is 10.0 Å². The molecule has 0 atom stereocenters. The molecule has 6 heteroatoms. The van der Waals surface area contributed by atoms with E-state index in [1.807, 2.05) is 6.92 Å². The molecule has 1 aromatic rings. The van der Waals surface area contributed by atoms with Crippen molar-refractivity contribution < 1.29 is 8.42 Å². The summed E-state index contributed by atoms with van der Waals surface area (Å²) in [6.07, 6.45) is 0. The Labute approximate surface area is 107 Å². The van der Waals surface area contributed by atoms with E-state index in [1.54, 1.807) is 13.0 Å². The lowest BCUT2D eigenvalue weighted by molar-refractivity contribution is 0.587. The Bertz CT molecular complexity index is 500. The summed E-state index contributed by atoms with van der Waals surface area (Å²) in [4.78, 5) is 0.236. The van der Waals surface area contributed by atoms with Gasteiger partial charge in [0.2, 0.25) is 10.0 Å². The van der Waals surface area contributed by atoms with Crippen LogP contribution in [0.3, 0.4) is 0 Å². The maximum absolute atomic E-state index is 11.8. The molecule has 0 radical (unpaired) electrons. The van der Waals surface area contributed by atoms with Crippen LogP contribution in [-0.4, -0.2) is 22.0 Å². The van der Waals surface area contributed by atoms with Crippen LogP contribution in [0.1, 0.15) is 18.1 Å². The number of hydrogen-bond acceptors (Lipinski definition) is 3. The molecule has 0 saturated heterocycles. The van der Waals surface area contributed by atoms with Gasteiger partial charge in [0.1, 0.15) is 0 Å². The molecular formula is C11H17ClN2O2S. The summed E-state index contributed by atoms with van der Waals surface area (Å²) in [5, 5.41) is 3.58. The van der Waals surface area contributed by atoms with Crippen molar-refractivity contribution in [2.75, 3.05) is 13.6 Å². The van der Waals surface area contributed by atoms with Gasteiger partial charge in [-0.05, 0) is 43.8 Å². The van der Waals surface area contributed by atoms with E-state index in [2.05, 4.69) is 10.0 Å². The van der Waals surface area contributed by atoms with Crippen LogP contribution in [0.15, 0.2) is 17.0 Å². The van der Waals surface area contributed by atoms with Crippen LogP contribution in [-0.2, 0) is 16.6 Å². The zero-order valence-corrected chi connectivity index (χ0v) is 11.7. The molecule has 0 heterocycles. The van der Waals surface area contributed by atoms with Crippen LogP contribution in [0.25, 0.3) is 0 Å². The third kappa shape index (κ3) is 3.42. The predicted octanol–water partition coefficient (Wildman–Crippen LogP) is 1.67. The molecule has 0 aliphatic rings. The van der Waals surface area contributed by atoms with E-state index in [1.165, 1.54) is 13.1 Å². The Morgan fingerprint density at radius 1 is 1.35 bits per heavy atom.